The Labute approximate surface area is 230 Å². The second kappa shape index (κ2) is 11.3. The van der Waals surface area contributed by atoms with Crippen LogP contribution in [0.1, 0.15) is 107 Å². The summed E-state index contributed by atoms with van der Waals surface area (Å²) in [6, 6.07) is 0. The fraction of sp³-hybridized carbons (Fsp3) is 0.765. The lowest BCUT2D eigenvalue weighted by molar-refractivity contribution is -0.154. The van der Waals surface area contributed by atoms with Gasteiger partial charge in [-0.2, -0.15) is 0 Å². The van der Waals surface area contributed by atoms with Gasteiger partial charge in [0.05, 0.1) is 0 Å². The van der Waals surface area contributed by atoms with E-state index in [2.05, 4.69) is 99.4 Å². The Hall–Kier alpha value is -0.903. The van der Waals surface area contributed by atoms with Gasteiger partial charge in [-0.3, -0.25) is 0 Å². The van der Waals surface area contributed by atoms with Crippen LogP contribution in [0.2, 0.25) is 18.1 Å². The first kappa shape index (κ1) is 30.6. The van der Waals surface area contributed by atoms with Gasteiger partial charge < -0.3 is 9.53 Å². The predicted octanol–water partition coefficient (Wildman–Crippen LogP) is 9.99. The molecule has 0 aromatic rings. The maximum absolute atomic E-state index is 11.5. The third kappa shape index (κ3) is 6.82. The highest BCUT2D eigenvalue weighted by Gasteiger charge is 2.50. The van der Waals surface area contributed by atoms with Crippen LogP contribution in [0.5, 0.6) is 0 Å². The van der Waals surface area contributed by atoms with Crippen LogP contribution in [0.3, 0.4) is 0 Å². The van der Waals surface area contributed by atoms with E-state index in [4.69, 9.17) is 4.43 Å². The fourth-order valence-corrected chi connectivity index (χ4v) is 8.40. The summed E-state index contributed by atoms with van der Waals surface area (Å²) in [4.78, 5) is 0. The number of fused-ring (bicyclic) bond motifs is 1. The first-order chi connectivity index (χ1) is 17.0. The van der Waals surface area contributed by atoms with Crippen molar-refractivity contribution in [1.29, 1.82) is 0 Å². The van der Waals surface area contributed by atoms with Gasteiger partial charge >= 0.3 is 0 Å². The van der Waals surface area contributed by atoms with Gasteiger partial charge in [-0.25, -0.2) is 0 Å². The number of rotatable bonds is 7. The van der Waals surface area contributed by atoms with Crippen molar-refractivity contribution in [2.24, 2.45) is 35.0 Å². The van der Waals surface area contributed by atoms with Gasteiger partial charge in [-0.05, 0) is 97.2 Å². The molecule has 1 N–H and O–H groups in total. The smallest absolute Gasteiger partial charge is 0.195 e. The molecule has 210 valence electrons. The van der Waals surface area contributed by atoms with Crippen molar-refractivity contribution in [3.8, 4) is 0 Å². The van der Waals surface area contributed by atoms with Crippen LogP contribution in [-0.2, 0) is 4.43 Å². The molecule has 6 atom stereocenters. The number of hydrogen-bond donors (Lipinski definition) is 1. The zero-order chi connectivity index (χ0) is 27.8. The zero-order valence-corrected chi connectivity index (χ0v) is 26.9. The molecule has 0 spiro atoms. The summed E-state index contributed by atoms with van der Waals surface area (Å²) in [5.41, 5.74) is 4.37. The molecule has 3 aliphatic carbocycles. The minimum Gasteiger partial charge on any atom is -0.390 e. The second-order valence-electron chi connectivity index (χ2n) is 15.0. The standard InChI is InChI=1S/C34H58O2Si/c1-24(2)25(3)14-15-27(5)30-18-19-31-28(13-12-21-33(30,31)9)16-17-29-23-34(35,22-20-26(29)4)36-37(10,11)32(6,7)8/h14-17,24-25,27,30-31,35H,4,12-13,18-23H2,1-3,5-11H3/b15-14+,28-16?,29-17?/t25-,27+,30+,31?,33+,34+/m0/s1. The minimum absolute atomic E-state index is 0.0771. The Balaban J connectivity index is 1.78. The van der Waals surface area contributed by atoms with E-state index < -0.39 is 14.1 Å². The van der Waals surface area contributed by atoms with Gasteiger partial charge in [0.1, 0.15) is 0 Å². The van der Waals surface area contributed by atoms with E-state index in [0.717, 1.165) is 12.3 Å². The molecule has 0 aliphatic heterocycles. The molecule has 3 fully saturated rings. The van der Waals surface area contributed by atoms with E-state index in [9.17, 15) is 5.11 Å². The van der Waals surface area contributed by atoms with Crippen LogP contribution in [0, 0.1) is 35.0 Å². The summed E-state index contributed by atoms with van der Waals surface area (Å²) in [7, 11) is -2.07. The summed E-state index contributed by atoms with van der Waals surface area (Å²) in [5, 5.41) is 11.6. The van der Waals surface area contributed by atoms with E-state index in [0.29, 0.717) is 41.9 Å². The van der Waals surface area contributed by atoms with Crippen molar-refractivity contribution in [2.45, 2.75) is 131 Å². The third-order valence-electron chi connectivity index (χ3n) is 10.9. The Bertz CT molecular complexity index is 917. The fourth-order valence-electron chi connectivity index (χ4n) is 6.97. The molecule has 3 saturated carbocycles. The Kier molecular flexibility index (Phi) is 9.35. The quantitative estimate of drug-likeness (QED) is 0.203. The van der Waals surface area contributed by atoms with Crippen molar-refractivity contribution in [3.63, 3.8) is 0 Å². The zero-order valence-electron chi connectivity index (χ0n) is 25.9. The molecule has 2 nitrogen and oxygen atoms in total. The van der Waals surface area contributed by atoms with E-state index >= 15 is 0 Å². The molecule has 0 amide bonds. The van der Waals surface area contributed by atoms with Crippen LogP contribution in [0.25, 0.3) is 0 Å². The normalized spacial score (nSPS) is 35.5. The number of hydrogen-bond acceptors (Lipinski definition) is 2. The van der Waals surface area contributed by atoms with Gasteiger partial charge in [-0.1, -0.05) is 97.4 Å². The van der Waals surface area contributed by atoms with E-state index in [1.165, 1.54) is 43.3 Å². The number of allylic oxidation sites excluding steroid dienone is 6. The van der Waals surface area contributed by atoms with E-state index in [1.54, 1.807) is 5.57 Å². The van der Waals surface area contributed by atoms with Crippen molar-refractivity contribution in [3.05, 3.63) is 47.6 Å². The predicted molar refractivity (Wildman–Crippen MR) is 163 cm³/mol. The maximum Gasteiger partial charge on any atom is 0.195 e. The summed E-state index contributed by atoms with van der Waals surface area (Å²) < 4.78 is 6.57. The monoisotopic (exact) mass is 526 g/mol. The van der Waals surface area contributed by atoms with Gasteiger partial charge in [0.15, 0.2) is 14.1 Å². The van der Waals surface area contributed by atoms with Crippen LogP contribution in [-0.4, -0.2) is 19.2 Å². The lowest BCUT2D eigenvalue weighted by Gasteiger charge is -2.45. The lowest BCUT2D eigenvalue weighted by Crippen LogP contribution is -2.51. The molecule has 3 aliphatic rings. The Morgan fingerprint density at radius 1 is 1.03 bits per heavy atom. The summed E-state index contributed by atoms with van der Waals surface area (Å²) >= 11 is 0. The average Bonchev–Trinajstić information content (AvgIpc) is 3.14. The molecule has 0 radical (unpaired) electrons. The molecule has 3 rings (SSSR count). The first-order valence-electron chi connectivity index (χ1n) is 15.2. The summed E-state index contributed by atoms with van der Waals surface area (Å²) in [6.45, 7) is 27.6. The summed E-state index contributed by atoms with van der Waals surface area (Å²) in [6.07, 6.45) is 18.2. The molecular weight excluding hydrogens is 468 g/mol. The van der Waals surface area contributed by atoms with Gasteiger partial charge in [0.25, 0.3) is 0 Å². The van der Waals surface area contributed by atoms with Gasteiger partial charge in [0, 0.05) is 12.8 Å². The van der Waals surface area contributed by atoms with Crippen molar-refractivity contribution >= 4 is 8.32 Å². The molecule has 37 heavy (non-hydrogen) atoms. The van der Waals surface area contributed by atoms with Crippen LogP contribution >= 0.6 is 0 Å². The Morgan fingerprint density at radius 2 is 1.70 bits per heavy atom. The first-order valence-corrected chi connectivity index (χ1v) is 18.1. The molecule has 3 heteroatoms. The summed E-state index contributed by atoms with van der Waals surface area (Å²) in [5.74, 6) is 2.35. The van der Waals surface area contributed by atoms with Crippen LogP contribution < -0.4 is 0 Å². The molecule has 0 heterocycles. The van der Waals surface area contributed by atoms with E-state index in [-0.39, 0.29) is 5.04 Å². The molecule has 1 unspecified atom stereocenters. The molecule has 0 bridgehead atoms. The number of aliphatic hydroxyl groups is 1. The molecule has 0 aromatic carbocycles. The average molecular weight is 527 g/mol. The highest BCUT2D eigenvalue weighted by Crippen LogP contribution is 2.59. The lowest BCUT2D eigenvalue weighted by atomic mass is 9.61. The Morgan fingerprint density at radius 3 is 2.32 bits per heavy atom. The van der Waals surface area contributed by atoms with Crippen molar-refractivity contribution < 1.29 is 9.53 Å². The third-order valence-corrected chi connectivity index (χ3v) is 15.4. The van der Waals surface area contributed by atoms with Crippen molar-refractivity contribution in [2.75, 3.05) is 0 Å². The highest BCUT2D eigenvalue weighted by molar-refractivity contribution is 6.74. The molecular formula is C34H58O2Si. The molecule has 0 saturated heterocycles. The van der Waals surface area contributed by atoms with Crippen LogP contribution in [0.4, 0.5) is 0 Å². The topological polar surface area (TPSA) is 29.5 Å². The highest BCUT2D eigenvalue weighted by atomic mass is 28.4. The van der Waals surface area contributed by atoms with Crippen LogP contribution in [0.15, 0.2) is 47.6 Å². The SMILES string of the molecule is C=C1CC[C@@](O)(O[Si](C)(C)C(C)(C)C)CC1=CC=C1CCC[C@@]2(C)C1CC[C@@H]2[C@H](C)/C=C/[C@H](C)C(C)C. The van der Waals surface area contributed by atoms with Gasteiger partial charge in [-0.15, -0.1) is 0 Å². The van der Waals surface area contributed by atoms with Gasteiger partial charge in [0.2, 0.25) is 0 Å². The second-order valence-corrected chi connectivity index (χ2v) is 19.7. The van der Waals surface area contributed by atoms with Crippen molar-refractivity contribution in [1.82, 2.24) is 0 Å². The maximum atomic E-state index is 11.5. The van der Waals surface area contributed by atoms with E-state index in [1.807, 2.05) is 0 Å². The largest absolute Gasteiger partial charge is 0.390 e. The molecule has 0 aromatic heterocycles. The minimum atomic E-state index is -2.07.